The molecule has 0 fully saturated rings. The van der Waals surface area contributed by atoms with E-state index >= 15 is 0 Å². The predicted molar refractivity (Wildman–Crippen MR) is 83.3 cm³/mol. The summed E-state index contributed by atoms with van der Waals surface area (Å²) in [5.74, 6) is -0.872. The molecule has 0 saturated carbocycles. The Morgan fingerprint density at radius 3 is 2.91 bits per heavy atom. The molecular formula is C15H12ClN3O4. The molecule has 0 aliphatic carbocycles. The molecule has 0 saturated heterocycles. The molecule has 0 bridgehead atoms. The Kier molecular flexibility index (Phi) is 4.03. The minimum atomic E-state index is -0.749. The van der Waals surface area contributed by atoms with Gasteiger partial charge in [0.1, 0.15) is 6.54 Å². The molecule has 0 aliphatic heterocycles. The monoisotopic (exact) mass is 333 g/mol. The van der Waals surface area contributed by atoms with Gasteiger partial charge in [0.25, 0.3) is 5.89 Å². The number of halogens is 1. The van der Waals surface area contributed by atoms with Crippen LogP contribution in [0.2, 0.25) is 5.02 Å². The van der Waals surface area contributed by atoms with Gasteiger partial charge in [-0.15, -0.1) is 5.10 Å². The molecule has 0 radical (unpaired) electrons. The number of carbonyl (C=O) groups is 1. The number of furan rings is 1. The second-order valence-corrected chi connectivity index (χ2v) is 5.25. The maximum Gasteiger partial charge on any atom is 0.437 e. The molecule has 1 N–H and O–H groups in total. The van der Waals surface area contributed by atoms with Crippen LogP contribution in [-0.4, -0.2) is 15.7 Å². The first-order valence-electron chi connectivity index (χ1n) is 6.71. The van der Waals surface area contributed by atoms with Gasteiger partial charge in [-0.1, -0.05) is 17.7 Å². The summed E-state index contributed by atoms with van der Waals surface area (Å²) in [6, 6.07) is 8.48. The van der Waals surface area contributed by atoms with Crippen molar-refractivity contribution in [2.45, 2.75) is 13.5 Å². The molecule has 0 atom stereocenters. The van der Waals surface area contributed by atoms with E-state index < -0.39 is 11.7 Å². The molecular weight excluding hydrogens is 322 g/mol. The predicted octanol–water partition coefficient (Wildman–Crippen LogP) is 2.70. The van der Waals surface area contributed by atoms with Crippen molar-refractivity contribution in [1.82, 2.24) is 9.78 Å². The fourth-order valence-electron chi connectivity index (χ4n) is 1.95. The Morgan fingerprint density at radius 1 is 1.39 bits per heavy atom. The number of hydrogen-bond donors (Lipinski definition) is 1. The highest BCUT2D eigenvalue weighted by atomic mass is 35.5. The first-order valence-corrected chi connectivity index (χ1v) is 7.08. The quantitative estimate of drug-likeness (QED) is 0.792. The van der Waals surface area contributed by atoms with E-state index in [1.54, 1.807) is 24.3 Å². The van der Waals surface area contributed by atoms with E-state index in [-0.39, 0.29) is 12.4 Å². The molecule has 3 rings (SSSR count). The number of aryl methyl sites for hydroxylation is 1. The summed E-state index contributed by atoms with van der Waals surface area (Å²) in [5, 5.41) is 6.96. The van der Waals surface area contributed by atoms with E-state index in [2.05, 4.69) is 10.4 Å². The molecule has 3 aromatic rings. The molecule has 0 aliphatic rings. The van der Waals surface area contributed by atoms with E-state index in [9.17, 15) is 9.59 Å². The Hall–Kier alpha value is -2.80. The van der Waals surface area contributed by atoms with Crippen LogP contribution >= 0.6 is 11.6 Å². The maximum atomic E-state index is 12.0. The van der Waals surface area contributed by atoms with E-state index in [4.69, 9.17) is 20.4 Å². The smallest absolute Gasteiger partial charge is 0.437 e. The zero-order valence-corrected chi connectivity index (χ0v) is 12.8. The van der Waals surface area contributed by atoms with Gasteiger partial charge in [-0.2, -0.15) is 4.68 Å². The molecule has 8 heteroatoms. The second-order valence-electron chi connectivity index (χ2n) is 4.84. The topological polar surface area (TPSA) is 90.3 Å². The summed E-state index contributed by atoms with van der Waals surface area (Å²) in [6.45, 7) is 1.59. The Morgan fingerprint density at radius 2 is 2.22 bits per heavy atom. The maximum absolute atomic E-state index is 12.0. The fraction of sp³-hybridized carbons (Fsp3) is 0.133. The average Bonchev–Trinajstić information content (AvgIpc) is 3.13. The fourth-order valence-corrected chi connectivity index (χ4v) is 2.24. The summed E-state index contributed by atoms with van der Waals surface area (Å²) in [7, 11) is 0. The third kappa shape index (κ3) is 3.35. The lowest BCUT2D eigenvalue weighted by Gasteiger charge is -2.07. The van der Waals surface area contributed by atoms with Crippen LogP contribution in [0.4, 0.5) is 5.69 Å². The van der Waals surface area contributed by atoms with Gasteiger partial charge in [0, 0.05) is 0 Å². The normalized spacial score (nSPS) is 10.7. The van der Waals surface area contributed by atoms with Crippen molar-refractivity contribution in [3.8, 4) is 11.7 Å². The van der Waals surface area contributed by atoms with Crippen LogP contribution in [0.5, 0.6) is 0 Å². The number of hydrogen-bond acceptors (Lipinski definition) is 5. The van der Waals surface area contributed by atoms with Crippen LogP contribution in [0.25, 0.3) is 11.7 Å². The van der Waals surface area contributed by atoms with E-state index in [0.717, 1.165) is 10.2 Å². The Balaban J connectivity index is 1.74. The third-order valence-corrected chi connectivity index (χ3v) is 3.34. The number of aromatic nitrogens is 2. The Labute approximate surface area is 135 Å². The number of carbonyl (C=O) groups excluding carboxylic acids is 1. The first-order chi connectivity index (χ1) is 11.0. The largest absolute Gasteiger partial charge is 0.459 e. The number of amides is 1. The summed E-state index contributed by atoms with van der Waals surface area (Å²) in [5.41, 5.74) is 1.44. The molecule has 0 unspecified atom stereocenters. The standard InChI is InChI=1S/C15H12ClN3O4/c1-9-4-5-11(10(16)7-9)17-13(20)8-19-15(21)23-14(18-19)12-3-2-6-22-12/h2-7H,8H2,1H3,(H,17,20). The van der Waals surface area contributed by atoms with Crippen LogP contribution < -0.4 is 11.1 Å². The zero-order valence-electron chi connectivity index (χ0n) is 12.1. The number of benzene rings is 1. The summed E-state index contributed by atoms with van der Waals surface area (Å²) in [6.07, 6.45) is 1.43. The minimum absolute atomic E-state index is 0.0150. The van der Waals surface area contributed by atoms with Gasteiger partial charge < -0.3 is 14.2 Å². The van der Waals surface area contributed by atoms with Gasteiger partial charge in [-0.3, -0.25) is 4.79 Å². The van der Waals surface area contributed by atoms with Crippen LogP contribution in [0.15, 0.2) is 50.2 Å². The number of rotatable bonds is 4. The molecule has 2 aromatic heterocycles. The Bertz CT molecular complexity index is 896. The average molecular weight is 334 g/mol. The van der Waals surface area contributed by atoms with E-state index in [0.29, 0.717) is 16.5 Å². The van der Waals surface area contributed by atoms with Gasteiger partial charge in [-0.25, -0.2) is 4.79 Å². The van der Waals surface area contributed by atoms with Crippen LogP contribution in [-0.2, 0) is 11.3 Å². The second kappa shape index (κ2) is 6.13. The van der Waals surface area contributed by atoms with Crippen molar-refractivity contribution >= 4 is 23.2 Å². The minimum Gasteiger partial charge on any atom is -0.459 e. The van der Waals surface area contributed by atoms with Crippen molar-refractivity contribution in [3.05, 3.63) is 57.7 Å². The van der Waals surface area contributed by atoms with E-state index in [1.165, 1.54) is 6.26 Å². The number of nitrogens with zero attached hydrogens (tertiary/aromatic N) is 2. The first kappa shape index (κ1) is 15.1. The van der Waals surface area contributed by atoms with Crippen molar-refractivity contribution in [3.63, 3.8) is 0 Å². The lowest BCUT2D eigenvalue weighted by atomic mass is 10.2. The molecule has 0 spiro atoms. The molecule has 2 heterocycles. The van der Waals surface area contributed by atoms with E-state index in [1.807, 2.05) is 13.0 Å². The van der Waals surface area contributed by atoms with Crippen molar-refractivity contribution in [2.24, 2.45) is 0 Å². The molecule has 1 aromatic carbocycles. The molecule has 23 heavy (non-hydrogen) atoms. The summed E-state index contributed by atoms with van der Waals surface area (Å²) < 4.78 is 10.9. The molecule has 1 amide bonds. The van der Waals surface area contributed by atoms with Gasteiger partial charge in [0.15, 0.2) is 5.76 Å². The summed E-state index contributed by atoms with van der Waals surface area (Å²) in [4.78, 5) is 23.8. The third-order valence-electron chi connectivity index (χ3n) is 3.03. The van der Waals surface area contributed by atoms with Crippen molar-refractivity contribution in [2.75, 3.05) is 5.32 Å². The zero-order chi connectivity index (χ0) is 16.4. The molecule has 118 valence electrons. The lowest BCUT2D eigenvalue weighted by molar-refractivity contribution is -0.117. The highest BCUT2D eigenvalue weighted by molar-refractivity contribution is 6.33. The highest BCUT2D eigenvalue weighted by Crippen LogP contribution is 2.22. The number of anilines is 1. The van der Waals surface area contributed by atoms with Crippen LogP contribution in [0.3, 0.4) is 0 Å². The summed E-state index contributed by atoms with van der Waals surface area (Å²) >= 11 is 6.05. The van der Waals surface area contributed by atoms with Crippen LogP contribution in [0, 0.1) is 6.92 Å². The molecule has 7 nitrogen and oxygen atoms in total. The van der Waals surface area contributed by atoms with Gasteiger partial charge >= 0.3 is 5.76 Å². The van der Waals surface area contributed by atoms with Crippen LogP contribution in [0.1, 0.15) is 5.56 Å². The van der Waals surface area contributed by atoms with Gasteiger partial charge in [0.05, 0.1) is 17.0 Å². The highest BCUT2D eigenvalue weighted by Gasteiger charge is 2.15. The van der Waals surface area contributed by atoms with Gasteiger partial charge in [-0.05, 0) is 36.8 Å². The van der Waals surface area contributed by atoms with Gasteiger partial charge in [0.2, 0.25) is 5.91 Å². The number of nitrogens with one attached hydrogen (secondary N) is 1. The van der Waals surface area contributed by atoms with Crippen molar-refractivity contribution in [1.29, 1.82) is 0 Å². The SMILES string of the molecule is Cc1ccc(NC(=O)Cn2nc(-c3ccco3)oc2=O)c(Cl)c1. The lowest BCUT2D eigenvalue weighted by Crippen LogP contribution is -2.26. The van der Waals surface area contributed by atoms with Crippen molar-refractivity contribution < 1.29 is 13.6 Å².